The van der Waals surface area contributed by atoms with Gasteiger partial charge in [-0.15, -0.1) is 11.8 Å². The largest absolute Gasteiger partial charge is 0.465 e. The zero-order chi connectivity index (χ0) is 13.7. The van der Waals surface area contributed by atoms with Gasteiger partial charge in [-0.2, -0.15) is 0 Å². The van der Waals surface area contributed by atoms with Crippen LogP contribution in [0.4, 0.5) is 5.69 Å². The summed E-state index contributed by atoms with van der Waals surface area (Å²) in [5, 5.41) is 8.98. The molecule has 0 aliphatic carbocycles. The van der Waals surface area contributed by atoms with E-state index in [0.29, 0.717) is 11.3 Å². The Hall–Kier alpha value is -1.20. The van der Waals surface area contributed by atoms with Gasteiger partial charge in [0, 0.05) is 22.9 Å². The molecule has 0 heterocycles. The number of nitrogens with two attached hydrogens (primary N) is 1. The Labute approximate surface area is 112 Å². The monoisotopic (exact) mass is 269 g/mol. The van der Waals surface area contributed by atoms with Gasteiger partial charge in [-0.25, -0.2) is 4.79 Å². The van der Waals surface area contributed by atoms with Crippen LogP contribution in [0.25, 0.3) is 0 Å². The standard InChI is InChI=1S/C13H19NO3S/c1-8(6-15)7-18-10-4-9(2)12(14)11(5-10)13(16)17-3/h4-5,8,15H,6-7,14H2,1-3H3. The van der Waals surface area contributed by atoms with E-state index in [1.807, 2.05) is 19.9 Å². The van der Waals surface area contributed by atoms with Crippen molar-refractivity contribution in [3.8, 4) is 0 Å². The molecule has 0 saturated carbocycles. The summed E-state index contributed by atoms with van der Waals surface area (Å²) >= 11 is 1.59. The van der Waals surface area contributed by atoms with Crippen LogP contribution in [0.1, 0.15) is 22.8 Å². The number of esters is 1. The highest BCUT2D eigenvalue weighted by atomic mass is 32.2. The zero-order valence-corrected chi connectivity index (χ0v) is 11.7. The van der Waals surface area contributed by atoms with Crippen molar-refractivity contribution in [1.29, 1.82) is 0 Å². The van der Waals surface area contributed by atoms with Crippen LogP contribution in [0.3, 0.4) is 0 Å². The van der Waals surface area contributed by atoms with Gasteiger partial charge >= 0.3 is 5.97 Å². The average molecular weight is 269 g/mol. The Bertz CT molecular complexity index is 434. The Kier molecular flexibility index (Phi) is 5.50. The highest BCUT2D eigenvalue weighted by Gasteiger charge is 2.14. The summed E-state index contributed by atoms with van der Waals surface area (Å²) in [6.07, 6.45) is 0. The second-order valence-electron chi connectivity index (χ2n) is 4.29. The van der Waals surface area contributed by atoms with Crippen LogP contribution in [-0.4, -0.2) is 30.5 Å². The number of nitrogen functional groups attached to an aromatic ring is 1. The fourth-order valence-corrected chi connectivity index (χ4v) is 2.46. The van der Waals surface area contributed by atoms with Crippen LogP contribution in [0, 0.1) is 12.8 Å². The minimum Gasteiger partial charge on any atom is -0.465 e. The van der Waals surface area contributed by atoms with Crippen LogP contribution < -0.4 is 5.73 Å². The van der Waals surface area contributed by atoms with Crippen molar-refractivity contribution in [3.63, 3.8) is 0 Å². The first-order chi connectivity index (χ1) is 8.49. The van der Waals surface area contributed by atoms with E-state index in [4.69, 9.17) is 15.6 Å². The third-order valence-corrected chi connectivity index (χ3v) is 3.92. The normalized spacial score (nSPS) is 12.2. The van der Waals surface area contributed by atoms with Crippen LogP contribution in [0.2, 0.25) is 0 Å². The van der Waals surface area contributed by atoms with Crippen molar-refractivity contribution >= 4 is 23.4 Å². The van der Waals surface area contributed by atoms with Gasteiger partial charge in [-0.3, -0.25) is 0 Å². The first kappa shape index (κ1) is 14.9. The number of ether oxygens (including phenoxy) is 1. The number of benzene rings is 1. The van der Waals surface area contributed by atoms with Gasteiger partial charge in [0.2, 0.25) is 0 Å². The lowest BCUT2D eigenvalue weighted by Gasteiger charge is -2.11. The molecule has 0 amide bonds. The summed E-state index contributed by atoms with van der Waals surface area (Å²) in [6, 6.07) is 3.68. The van der Waals surface area contributed by atoms with Crippen molar-refractivity contribution < 1.29 is 14.6 Å². The topological polar surface area (TPSA) is 72.5 Å². The van der Waals surface area contributed by atoms with Crippen molar-refractivity contribution in [3.05, 3.63) is 23.3 Å². The quantitative estimate of drug-likeness (QED) is 0.486. The lowest BCUT2D eigenvalue weighted by atomic mass is 10.1. The molecule has 1 unspecified atom stereocenters. The second-order valence-corrected chi connectivity index (χ2v) is 5.39. The number of carbonyl (C=O) groups is 1. The molecule has 0 bridgehead atoms. The molecule has 0 saturated heterocycles. The van der Waals surface area contributed by atoms with E-state index in [2.05, 4.69) is 0 Å². The van der Waals surface area contributed by atoms with Crippen molar-refractivity contribution in [2.75, 3.05) is 25.2 Å². The SMILES string of the molecule is COC(=O)c1cc(SCC(C)CO)cc(C)c1N. The smallest absolute Gasteiger partial charge is 0.340 e. The molecule has 0 fully saturated rings. The molecule has 1 rings (SSSR count). The molecular weight excluding hydrogens is 250 g/mol. The van der Waals surface area contributed by atoms with Crippen molar-refractivity contribution in [2.24, 2.45) is 5.92 Å². The lowest BCUT2D eigenvalue weighted by Crippen LogP contribution is -2.08. The van der Waals surface area contributed by atoms with Gasteiger partial charge < -0.3 is 15.6 Å². The van der Waals surface area contributed by atoms with Gasteiger partial charge in [-0.05, 0) is 30.5 Å². The molecule has 0 radical (unpaired) electrons. The minimum atomic E-state index is -0.423. The molecule has 0 aromatic heterocycles. The molecule has 5 heteroatoms. The fraction of sp³-hybridized carbons (Fsp3) is 0.462. The van der Waals surface area contributed by atoms with Crippen molar-refractivity contribution in [1.82, 2.24) is 0 Å². The molecule has 1 atom stereocenters. The predicted molar refractivity (Wildman–Crippen MR) is 73.9 cm³/mol. The van der Waals surface area contributed by atoms with Crippen LogP contribution in [0.5, 0.6) is 0 Å². The molecular formula is C13H19NO3S. The molecule has 0 aliphatic heterocycles. The first-order valence-electron chi connectivity index (χ1n) is 5.71. The zero-order valence-electron chi connectivity index (χ0n) is 10.9. The fourth-order valence-electron chi connectivity index (χ4n) is 1.42. The Morgan fingerprint density at radius 2 is 2.22 bits per heavy atom. The summed E-state index contributed by atoms with van der Waals surface area (Å²) in [4.78, 5) is 12.5. The minimum absolute atomic E-state index is 0.158. The van der Waals surface area contributed by atoms with Crippen molar-refractivity contribution in [2.45, 2.75) is 18.7 Å². The number of thioether (sulfide) groups is 1. The second kappa shape index (κ2) is 6.66. The number of carbonyl (C=O) groups excluding carboxylic acids is 1. The number of anilines is 1. The number of aliphatic hydroxyl groups is 1. The molecule has 3 N–H and O–H groups in total. The molecule has 0 aliphatic rings. The number of hydrogen-bond acceptors (Lipinski definition) is 5. The third kappa shape index (κ3) is 3.65. The van der Waals surface area contributed by atoms with E-state index >= 15 is 0 Å². The number of aryl methyl sites for hydroxylation is 1. The van der Waals surface area contributed by atoms with E-state index in [1.54, 1.807) is 17.8 Å². The van der Waals surface area contributed by atoms with Gasteiger partial charge in [-0.1, -0.05) is 6.92 Å². The highest BCUT2D eigenvalue weighted by Crippen LogP contribution is 2.28. The number of methoxy groups -OCH3 is 1. The highest BCUT2D eigenvalue weighted by molar-refractivity contribution is 7.99. The molecule has 1 aromatic carbocycles. The van der Waals surface area contributed by atoms with Gasteiger partial charge in [0.05, 0.1) is 12.7 Å². The Morgan fingerprint density at radius 3 is 2.78 bits per heavy atom. The van der Waals surface area contributed by atoms with Crippen LogP contribution in [-0.2, 0) is 4.74 Å². The number of aliphatic hydroxyl groups excluding tert-OH is 1. The summed E-state index contributed by atoms with van der Waals surface area (Å²) in [6.45, 7) is 3.99. The summed E-state index contributed by atoms with van der Waals surface area (Å²) in [7, 11) is 1.34. The maximum Gasteiger partial charge on any atom is 0.340 e. The van der Waals surface area contributed by atoms with Gasteiger partial charge in [0.25, 0.3) is 0 Å². The molecule has 0 spiro atoms. The van der Waals surface area contributed by atoms with Crippen LogP contribution in [0.15, 0.2) is 17.0 Å². The first-order valence-corrected chi connectivity index (χ1v) is 6.70. The number of rotatable bonds is 5. The maximum atomic E-state index is 11.6. The Balaban J connectivity index is 2.94. The third-order valence-electron chi connectivity index (χ3n) is 2.61. The predicted octanol–water partition coefficient (Wildman–Crippen LogP) is 2.08. The maximum absolute atomic E-state index is 11.6. The summed E-state index contributed by atoms with van der Waals surface area (Å²) < 4.78 is 4.71. The summed E-state index contributed by atoms with van der Waals surface area (Å²) in [5.74, 6) is 0.586. The lowest BCUT2D eigenvalue weighted by molar-refractivity contribution is 0.0601. The Morgan fingerprint density at radius 1 is 1.56 bits per heavy atom. The van der Waals surface area contributed by atoms with E-state index in [-0.39, 0.29) is 12.5 Å². The van der Waals surface area contributed by atoms with E-state index in [1.165, 1.54) is 7.11 Å². The molecule has 100 valence electrons. The van der Waals surface area contributed by atoms with E-state index in [9.17, 15) is 4.79 Å². The summed E-state index contributed by atoms with van der Waals surface area (Å²) in [5.41, 5.74) is 7.58. The molecule has 18 heavy (non-hydrogen) atoms. The van der Waals surface area contributed by atoms with E-state index < -0.39 is 5.97 Å². The van der Waals surface area contributed by atoms with Crippen LogP contribution >= 0.6 is 11.8 Å². The number of hydrogen-bond donors (Lipinski definition) is 2. The van der Waals surface area contributed by atoms with Gasteiger partial charge in [0.1, 0.15) is 0 Å². The molecule has 4 nitrogen and oxygen atoms in total. The average Bonchev–Trinajstić information content (AvgIpc) is 2.38. The van der Waals surface area contributed by atoms with E-state index in [0.717, 1.165) is 16.2 Å². The van der Waals surface area contributed by atoms with Gasteiger partial charge in [0.15, 0.2) is 0 Å². The molecule has 1 aromatic rings.